The number of pyridine rings is 2. The molecule has 1 unspecified atom stereocenters. The maximum absolute atomic E-state index is 13.4. The number of carbonyl (C=O) groups excluding carboxylic acids is 1. The maximum Gasteiger partial charge on any atom is 0.258 e. The average Bonchev–Trinajstić information content (AvgIpc) is 3.28. The monoisotopic (exact) mass is 351 g/mol. The second kappa shape index (κ2) is 6.40. The van der Waals surface area contributed by atoms with Crippen molar-refractivity contribution in [3.05, 3.63) is 46.9 Å². The number of rotatable bonds is 3. The number of anilines is 1. The molecule has 3 aromatic rings. The van der Waals surface area contributed by atoms with Gasteiger partial charge in [-0.3, -0.25) is 4.79 Å². The largest absolute Gasteiger partial charge is 0.373 e. The van der Waals surface area contributed by atoms with Crippen LogP contribution >= 0.6 is 0 Å². The molecular formula is C19H21N5O2. The van der Waals surface area contributed by atoms with Crippen molar-refractivity contribution in [1.29, 1.82) is 0 Å². The topological polar surface area (TPSA) is 84.2 Å². The van der Waals surface area contributed by atoms with Crippen LogP contribution in [0, 0.1) is 13.8 Å². The Morgan fingerprint density at radius 2 is 2.19 bits per heavy atom. The molecule has 7 nitrogen and oxygen atoms in total. The van der Waals surface area contributed by atoms with Gasteiger partial charge in [-0.15, -0.1) is 0 Å². The molecule has 1 fully saturated rings. The first-order valence-corrected chi connectivity index (χ1v) is 8.77. The number of aromatic nitrogens is 3. The van der Waals surface area contributed by atoms with Crippen molar-refractivity contribution in [1.82, 2.24) is 20.0 Å². The summed E-state index contributed by atoms with van der Waals surface area (Å²) in [5.41, 5.74) is 3.56. The number of hydrogen-bond acceptors (Lipinski definition) is 6. The number of nitrogens with one attached hydrogen (secondary N) is 1. The lowest BCUT2D eigenvalue weighted by atomic mass is 10.0. The van der Waals surface area contributed by atoms with Gasteiger partial charge in [0.05, 0.1) is 22.7 Å². The fourth-order valence-corrected chi connectivity index (χ4v) is 3.69. The summed E-state index contributed by atoms with van der Waals surface area (Å²) in [6, 6.07) is 5.86. The maximum atomic E-state index is 13.4. The SMILES string of the molecule is CNc1cc(C2CCCN2C(=O)c2cc(C)nc3onc(C)c23)ccn1. The summed E-state index contributed by atoms with van der Waals surface area (Å²) in [6.07, 6.45) is 3.69. The summed E-state index contributed by atoms with van der Waals surface area (Å²) >= 11 is 0. The first-order chi connectivity index (χ1) is 12.6. The summed E-state index contributed by atoms with van der Waals surface area (Å²) in [6.45, 7) is 4.43. The highest BCUT2D eigenvalue weighted by atomic mass is 16.5. The van der Waals surface area contributed by atoms with Crippen molar-refractivity contribution in [3.8, 4) is 0 Å². The highest BCUT2D eigenvalue weighted by Crippen LogP contribution is 2.35. The normalized spacial score (nSPS) is 17.0. The van der Waals surface area contributed by atoms with Crippen LogP contribution in [-0.2, 0) is 0 Å². The van der Waals surface area contributed by atoms with Gasteiger partial charge in [-0.2, -0.15) is 0 Å². The third kappa shape index (κ3) is 2.69. The molecule has 26 heavy (non-hydrogen) atoms. The average molecular weight is 351 g/mol. The number of fused-ring (bicyclic) bond motifs is 1. The second-order valence-corrected chi connectivity index (χ2v) is 6.64. The molecule has 0 aromatic carbocycles. The minimum atomic E-state index is -0.00267. The van der Waals surface area contributed by atoms with Crippen molar-refractivity contribution in [2.75, 3.05) is 18.9 Å². The van der Waals surface area contributed by atoms with Crippen LogP contribution in [-0.4, -0.2) is 39.5 Å². The van der Waals surface area contributed by atoms with E-state index in [2.05, 4.69) is 20.4 Å². The van der Waals surface area contributed by atoms with Crippen LogP contribution in [0.5, 0.6) is 0 Å². The van der Waals surface area contributed by atoms with Crippen molar-refractivity contribution >= 4 is 22.8 Å². The van der Waals surface area contributed by atoms with Crippen LogP contribution in [0.25, 0.3) is 11.1 Å². The van der Waals surface area contributed by atoms with E-state index in [0.29, 0.717) is 22.4 Å². The van der Waals surface area contributed by atoms with Gasteiger partial charge in [0, 0.05) is 25.5 Å². The molecule has 0 aliphatic carbocycles. The van der Waals surface area contributed by atoms with Crippen LogP contribution in [0.15, 0.2) is 28.9 Å². The Hall–Kier alpha value is -2.96. The zero-order valence-electron chi connectivity index (χ0n) is 15.1. The number of carbonyl (C=O) groups is 1. The van der Waals surface area contributed by atoms with E-state index in [1.807, 2.05) is 44.0 Å². The van der Waals surface area contributed by atoms with E-state index in [-0.39, 0.29) is 11.9 Å². The molecule has 1 aliphatic heterocycles. The molecule has 0 bridgehead atoms. The zero-order chi connectivity index (χ0) is 18.3. The minimum absolute atomic E-state index is 0.00267. The number of aryl methyl sites for hydroxylation is 2. The molecule has 1 aliphatic rings. The fourth-order valence-electron chi connectivity index (χ4n) is 3.69. The Kier molecular flexibility index (Phi) is 4.06. The smallest absolute Gasteiger partial charge is 0.258 e. The Balaban J connectivity index is 1.75. The van der Waals surface area contributed by atoms with Crippen molar-refractivity contribution in [2.24, 2.45) is 0 Å². The third-order valence-electron chi connectivity index (χ3n) is 4.91. The Bertz CT molecular complexity index is 981. The molecule has 0 spiro atoms. The molecule has 1 N–H and O–H groups in total. The number of amides is 1. The number of hydrogen-bond donors (Lipinski definition) is 1. The quantitative estimate of drug-likeness (QED) is 0.780. The first-order valence-electron chi connectivity index (χ1n) is 8.77. The van der Waals surface area contributed by atoms with E-state index < -0.39 is 0 Å². The van der Waals surface area contributed by atoms with E-state index in [1.165, 1.54) is 0 Å². The van der Waals surface area contributed by atoms with Gasteiger partial charge in [-0.1, -0.05) is 5.16 Å². The van der Waals surface area contributed by atoms with Crippen LogP contribution in [0.3, 0.4) is 0 Å². The van der Waals surface area contributed by atoms with E-state index in [9.17, 15) is 4.79 Å². The lowest BCUT2D eigenvalue weighted by molar-refractivity contribution is 0.0737. The Morgan fingerprint density at radius 1 is 1.35 bits per heavy atom. The molecule has 3 aromatic heterocycles. The summed E-state index contributed by atoms with van der Waals surface area (Å²) in [5.74, 6) is 0.802. The van der Waals surface area contributed by atoms with Crippen molar-refractivity contribution < 1.29 is 9.32 Å². The van der Waals surface area contributed by atoms with Gasteiger partial charge in [0.1, 0.15) is 5.82 Å². The third-order valence-corrected chi connectivity index (χ3v) is 4.91. The Morgan fingerprint density at radius 3 is 3.00 bits per heavy atom. The van der Waals surface area contributed by atoms with Gasteiger partial charge in [-0.05, 0) is 50.5 Å². The molecule has 7 heteroatoms. The zero-order valence-corrected chi connectivity index (χ0v) is 15.1. The summed E-state index contributed by atoms with van der Waals surface area (Å²) in [4.78, 5) is 24.0. The molecular weight excluding hydrogens is 330 g/mol. The molecule has 1 saturated heterocycles. The standard InChI is InChI=1S/C19H21N5O2/c1-11-9-14(17-12(2)23-26-18(17)22-11)19(25)24-8-4-5-15(24)13-6-7-21-16(10-13)20-3/h6-7,9-10,15H,4-5,8H2,1-3H3,(H,20,21). The number of nitrogens with zero attached hydrogens (tertiary/aromatic N) is 4. The van der Waals surface area contributed by atoms with E-state index in [1.54, 1.807) is 6.20 Å². The van der Waals surface area contributed by atoms with Gasteiger partial charge in [0.15, 0.2) is 0 Å². The molecule has 1 amide bonds. The van der Waals surface area contributed by atoms with Crippen LogP contribution < -0.4 is 5.32 Å². The van der Waals surface area contributed by atoms with Gasteiger partial charge in [0.25, 0.3) is 11.6 Å². The lowest BCUT2D eigenvalue weighted by Gasteiger charge is -2.25. The van der Waals surface area contributed by atoms with Gasteiger partial charge in [0.2, 0.25) is 0 Å². The van der Waals surface area contributed by atoms with Crippen molar-refractivity contribution in [3.63, 3.8) is 0 Å². The van der Waals surface area contributed by atoms with E-state index >= 15 is 0 Å². The van der Waals surface area contributed by atoms with E-state index in [4.69, 9.17) is 4.52 Å². The van der Waals surface area contributed by atoms with E-state index in [0.717, 1.165) is 36.5 Å². The molecule has 4 rings (SSSR count). The molecule has 4 heterocycles. The predicted molar refractivity (Wildman–Crippen MR) is 98.1 cm³/mol. The summed E-state index contributed by atoms with van der Waals surface area (Å²) < 4.78 is 5.28. The molecule has 1 atom stereocenters. The van der Waals surface area contributed by atoms with Gasteiger partial charge < -0.3 is 14.7 Å². The Labute approximate surface area is 151 Å². The molecule has 0 radical (unpaired) electrons. The molecule has 0 saturated carbocycles. The second-order valence-electron chi connectivity index (χ2n) is 6.64. The first kappa shape index (κ1) is 16.5. The fraction of sp³-hybridized carbons (Fsp3) is 0.368. The van der Waals surface area contributed by atoms with Crippen LogP contribution in [0.2, 0.25) is 0 Å². The highest BCUT2D eigenvalue weighted by molar-refractivity contribution is 6.06. The summed E-state index contributed by atoms with van der Waals surface area (Å²) in [5, 5.41) is 7.75. The number of likely N-dealkylation sites (tertiary alicyclic amines) is 1. The van der Waals surface area contributed by atoms with Crippen LogP contribution in [0.1, 0.15) is 46.2 Å². The van der Waals surface area contributed by atoms with Gasteiger partial charge >= 0.3 is 0 Å². The van der Waals surface area contributed by atoms with Crippen molar-refractivity contribution in [2.45, 2.75) is 32.7 Å². The molecule has 134 valence electrons. The summed E-state index contributed by atoms with van der Waals surface area (Å²) in [7, 11) is 1.84. The van der Waals surface area contributed by atoms with Crippen LogP contribution in [0.4, 0.5) is 5.82 Å². The van der Waals surface area contributed by atoms with Gasteiger partial charge in [-0.25, -0.2) is 9.97 Å². The predicted octanol–water partition coefficient (Wildman–Crippen LogP) is 3.25. The minimum Gasteiger partial charge on any atom is -0.373 e. The highest BCUT2D eigenvalue weighted by Gasteiger charge is 2.32. The lowest BCUT2D eigenvalue weighted by Crippen LogP contribution is -2.31.